The molecule has 17 heavy (non-hydrogen) atoms. The van der Waals surface area contributed by atoms with Crippen LogP contribution in [-0.4, -0.2) is 41.4 Å². The molecule has 0 saturated heterocycles. The van der Waals surface area contributed by atoms with Gasteiger partial charge in [0.05, 0.1) is 12.7 Å². The smallest absolute Gasteiger partial charge is 0.138 e. The monoisotopic (exact) mass is 259 g/mol. The molecule has 0 saturated carbocycles. The van der Waals surface area contributed by atoms with E-state index in [2.05, 4.69) is 15.3 Å². The topological polar surface area (TPSA) is 67.3 Å². The molecule has 1 aromatic rings. The van der Waals surface area contributed by atoms with E-state index in [1.807, 2.05) is 13.8 Å². The van der Waals surface area contributed by atoms with Gasteiger partial charge in [0, 0.05) is 19.2 Å². The van der Waals surface area contributed by atoms with Crippen molar-refractivity contribution in [1.29, 1.82) is 0 Å². The van der Waals surface area contributed by atoms with Gasteiger partial charge < -0.3 is 15.2 Å². The van der Waals surface area contributed by atoms with Crippen LogP contribution in [0.2, 0.25) is 5.15 Å². The van der Waals surface area contributed by atoms with Gasteiger partial charge in [-0.3, -0.25) is 0 Å². The van der Waals surface area contributed by atoms with Gasteiger partial charge >= 0.3 is 0 Å². The Hall–Kier alpha value is -0.910. The molecule has 0 aliphatic carbocycles. The van der Waals surface area contributed by atoms with Crippen LogP contribution >= 0.6 is 11.6 Å². The van der Waals surface area contributed by atoms with Gasteiger partial charge in [0.1, 0.15) is 17.3 Å². The highest BCUT2D eigenvalue weighted by molar-refractivity contribution is 6.30. The van der Waals surface area contributed by atoms with Crippen molar-refractivity contribution in [3.8, 4) is 0 Å². The van der Waals surface area contributed by atoms with Crippen LogP contribution in [0.1, 0.15) is 25.3 Å². The Balaban J connectivity index is 2.73. The van der Waals surface area contributed by atoms with Crippen molar-refractivity contribution < 1.29 is 9.84 Å². The summed E-state index contributed by atoms with van der Waals surface area (Å²) in [5.41, 5.74) is 0.860. The summed E-state index contributed by atoms with van der Waals surface area (Å²) < 4.78 is 4.84. The fourth-order valence-corrected chi connectivity index (χ4v) is 1.84. The van der Waals surface area contributed by atoms with Crippen LogP contribution in [0.15, 0.2) is 6.33 Å². The van der Waals surface area contributed by atoms with E-state index < -0.39 is 6.10 Å². The lowest BCUT2D eigenvalue weighted by molar-refractivity contribution is 0.0727. The number of rotatable bonds is 6. The first-order valence-electron chi connectivity index (χ1n) is 5.47. The van der Waals surface area contributed by atoms with Gasteiger partial charge in [0.25, 0.3) is 0 Å². The SMILES string of the molecule is COCC(O)CNc1ncnc(Cl)c1C(C)C. The fourth-order valence-electron chi connectivity index (χ4n) is 1.49. The number of methoxy groups -OCH3 is 1. The molecular formula is C11H18ClN3O2. The van der Waals surface area contributed by atoms with E-state index in [0.29, 0.717) is 17.5 Å². The summed E-state index contributed by atoms with van der Waals surface area (Å²) in [6.45, 7) is 4.67. The Morgan fingerprint density at radius 1 is 1.47 bits per heavy atom. The first-order valence-corrected chi connectivity index (χ1v) is 5.85. The van der Waals surface area contributed by atoms with E-state index in [-0.39, 0.29) is 12.5 Å². The first kappa shape index (κ1) is 14.2. The molecule has 0 spiro atoms. The standard InChI is InChI=1S/C11H18ClN3O2/c1-7(2)9-10(12)14-6-15-11(9)13-4-8(16)5-17-3/h6-8,16H,4-5H2,1-3H3,(H,13,14,15). The van der Waals surface area contributed by atoms with Gasteiger partial charge in [-0.15, -0.1) is 0 Å². The average Bonchev–Trinajstić information content (AvgIpc) is 2.26. The summed E-state index contributed by atoms with van der Waals surface area (Å²) in [6, 6.07) is 0. The molecule has 0 radical (unpaired) electrons. The number of aliphatic hydroxyl groups excluding tert-OH is 1. The molecule has 6 heteroatoms. The van der Waals surface area contributed by atoms with Crippen molar-refractivity contribution in [3.63, 3.8) is 0 Å². The number of hydrogen-bond donors (Lipinski definition) is 2. The van der Waals surface area contributed by atoms with E-state index in [0.717, 1.165) is 5.56 Å². The molecule has 1 atom stereocenters. The summed E-state index contributed by atoms with van der Waals surface area (Å²) in [5.74, 6) is 0.876. The van der Waals surface area contributed by atoms with E-state index >= 15 is 0 Å². The van der Waals surface area contributed by atoms with E-state index in [1.165, 1.54) is 6.33 Å². The van der Waals surface area contributed by atoms with Crippen LogP contribution in [0, 0.1) is 0 Å². The number of aliphatic hydroxyl groups is 1. The third-order valence-electron chi connectivity index (χ3n) is 2.28. The molecule has 0 aliphatic rings. The second kappa shape index (κ2) is 6.74. The Morgan fingerprint density at radius 3 is 2.76 bits per heavy atom. The Morgan fingerprint density at radius 2 is 2.18 bits per heavy atom. The lowest BCUT2D eigenvalue weighted by Crippen LogP contribution is -2.25. The lowest BCUT2D eigenvalue weighted by atomic mass is 10.1. The molecule has 0 fully saturated rings. The van der Waals surface area contributed by atoms with Crippen LogP contribution < -0.4 is 5.32 Å². The maximum Gasteiger partial charge on any atom is 0.138 e. The minimum absolute atomic E-state index is 0.214. The normalized spacial score (nSPS) is 12.8. The predicted molar refractivity (Wildman–Crippen MR) is 67.5 cm³/mol. The van der Waals surface area contributed by atoms with E-state index in [1.54, 1.807) is 7.11 Å². The number of nitrogens with zero attached hydrogens (tertiary/aromatic N) is 2. The van der Waals surface area contributed by atoms with Crippen molar-refractivity contribution in [2.45, 2.75) is 25.9 Å². The number of hydrogen-bond acceptors (Lipinski definition) is 5. The highest BCUT2D eigenvalue weighted by Gasteiger charge is 2.14. The molecule has 1 unspecified atom stereocenters. The van der Waals surface area contributed by atoms with Gasteiger partial charge in [-0.25, -0.2) is 9.97 Å². The molecule has 0 amide bonds. The first-order chi connectivity index (χ1) is 8.06. The highest BCUT2D eigenvalue weighted by Crippen LogP contribution is 2.27. The molecule has 1 rings (SSSR count). The van der Waals surface area contributed by atoms with E-state index in [9.17, 15) is 5.11 Å². The number of anilines is 1. The lowest BCUT2D eigenvalue weighted by Gasteiger charge is -2.16. The van der Waals surface area contributed by atoms with Gasteiger partial charge in [-0.1, -0.05) is 25.4 Å². The summed E-state index contributed by atoms with van der Waals surface area (Å²) in [4.78, 5) is 8.09. The maximum absolute atomic E-state index is 9.55. The van der Waals surface area contributed by atoms with Crippen molar-refractivity contribution >= 4 is 17.4 Å². The van der Waals surface area contributed by atoms with Crippen molar-refractivity contribution in [1.82, 2.24) is 9.97 Å². The van der Waals surface area contributed by atoms with Gasteiger partial charge in [-0.2, -0.15) is 0 Å². The van der Waals surface area contributed by atoms with Gasteiger partial charge in [0.2, 0.25) is 0 Å². The Labute approximate surface area is 106 Å². The third kappa shape index (κ3) is 4.11. The number of nitrogens with one attached hydrogen (secondary N) is 1. The Bertz CT molecular complexity index is 361. The van der Waals surface area contributed by atoms with Crippen LogP contribution in [-0.2, 0) is 4.74 Å². The van der Waals surface area contributed by atoms with Crippen molar-refractivity contribution in [3.05, 3.63) is 17.0 Å². The van der Waals surface area contributed by atoms with Crippen molar-refractivity contribution in [2.24, 2.45) is 0 Å². The molecule has 0 aliphatic heterocycles. The average molecular weight is 260 g/mol. The molecule has 1 aromatic heterocycles. The van der Waals surface area contributed by atoms with Gasteiger partial charge in [0.15, 0.2) is 0 Å². The van der Waals surface area contributed by atoms with E-state index in [4.69, 9.17) is 16.3 Å². The van der Waals surface area contributed by atoms with Crippen molar-refractivity contribution in [2.75, 3.05) is 25.6 Å². The highest BCUT2D eigenvalue weighted by atomic mass is 35.5. The van der Waals surface area contributed by atoms with Crippen LogP contribution in [0.5, 0.6) is 0 Å². The molecule has 1 heterocycles. The minimum atomic E-state index is -0.575. The molecule has 0 bridgehead atoms. The van der Waals surface area contributed by atoms with Gasteiger partial charge in [-0.05, 0) is 5.92 Å². The summed E-state index contributed by atoms with van der Waals surface area (Å²) in [5, 5.41) is 13.0. The second-order valence-corrected chi connectivity index (χ2v) is 4.43. The molecular weight excluding hydrogens is 242 g/mol. The largest absolute Gasteiger partial charge is 0.389 e. The zero-order valence-electron chi connectivity index (χ0n) is 10.3. The number of ether oxygens (including phenoxy) is 1. The van der Waals surface area contributed by atoms with Crippen LogP contribution in [0.4, 0.5) is 5.82 Å². The summed E-state index contributed by atoms with van der Waals surface area (Å²) in [6.07, 6.45) is 0.827. The second-order valence-electron chi connectivity index (χ2n) is 4.07. The quantitative estimate of drug-likeness (QED) is 0.761. The molecule has 0 aromatic carbocycles. The fraction of sp³-hybridized carbons (Fsp3) is 0.636. The number of halogens is 1. The zero-order chi connectivity index (χ0) is 12.8. The maximum atomic E-state index is 9.55. The zero-order valence-corrected chi connectivity index (χ0v) is 11.0. The molecule has 5 nitrogen and oxygen atoms in total. The van der Waals surface area contributed by atoms with Crippen LogP contribution in [0.3, 0.4) is 0 Å². The molecule has 96 valence electrons. The summed E-state index contributed by atoms with van der Waals surface area (Å²) >= 11 is 6.02. The summed E-state index contributed by atoms with van der Waals surface area (Å²) in [7, 11) is 1.55. The Kier molecular flexibility index (Phi) is 5.61. The number of aromatic nitrogens is 2. The molecule has 2 N–H and O–H groups in total. The minimum Gasteiger partial charge on any atom is -0.389 e. The predicted octanol–water partition coefficient (Wildman–Crippen LogP) is 1.67. The van der Waals surface area contributed by atoms with Crippen LogP contribution in [0.25, 0.3) is 0 Å². The third-order valence-corrected chi connectivity index (χ3v) is 2.58.